The second kappa shape index (κ2) is 4.61. The predicted molar refractivity (Wildman–Crippen MR) is 48.0 cm³/mol. The average molecular weight is 170 g/mol. The van der Waals surface area contributed by atoms with Crippen LogP contribution in [0.5, 0.6) is 0 Å². The second-order valence-electron chi connectivity index (χ2n) is 3.91. The zero-order valence-electron chi connectivity index (χ0n) is 8.01. The van der Waals surface area contributed by atoms with Crippen molar-refractivity contribution in [3.05, 3.63) is 0 Å². The van der Waals surface area contributed by atoms with Gasteiger partial charge in [0.2, 0.25) is 0 Å². The molecule has 1 heterocycles. The van der Waals surface area contributed by atoms with Crippen molar-refractivity contribution in [1.82, 2.24) is 0 Å². The second-order valence-corrected chi connectivity index (χ2v) is 3.91. The molecule has 0 amide bonds. The quantitative estimate of drug-likeness (QED) is 0.647. The first-order valence-electron chi connectivity index (χ1n) is 4.80. The summed E-state index contributed by atoms with van der Waals surface area (Å²) in [4.78, 5) is 11.4. The fourth-order valence-electron chi connectivity index (χ4n) is 1.49. The Morgan fingerprint density at radius 2 is 2.33 bits per heavy atom. The van der Waals surface area contributed by atoms with Crippen LogP contribution in [-0.2, 0) is 9.53 Å². The number of carbonyl (C=O) groups excluding carboxylic acids is 1. The Hall–Kier alpha value is -0.370. The number of rotatable bonds is 3. The molecule has 0 bridgehead atoms. The minimum absolute atomic E-state index is 0.187. The van der Waals surface area contributed by atoms with Gasteiger partial charge in [-0.15, -0.1) is 0 Å². The van der Waals surface area contributed by atoms with E-state index in [-0.39, 0.29) is 5.92 Å². The lowest BCUT2D eigenvalue weighted by molar-refractivity contribution is -0.123. The van der Waals surface area contributed by atoms with Crippen molar-refractivity contribution >= 4 is 5.78 Å². The highest BCUT2D eigenvalue weighted by Gasteiger charge is 2.18. The van der Waals surface area contributed by atoms with Crippen LogP contribution in [0.15, 0.2) is 0 Å². The number of ether oxygens (including phenoxy) is 1. The molecule has 1 fully saturated rings. The lowest BCUT2D eigenvalue weighted by Gasteiger charge is -2.21. The van der Waals surface area contributed by atoms with Gasteiger partial charge in [0.15, 0.2) is 0 Å². The Morgan fingerprint density at radius 3 is 2.83 bits per heavy atom. The van der Waals surface area contributed by atoms with E-state index in [4.69, 9.17) is 4.74 Å². The van der Waals surface area contributed by atoms with E-state index in [1.165, 1.54) is 6.42 Å². The summed E-state index contributed by atoms with van der Waals surface area (Å²) in [6, 6.07) is 0. The van der Waals surface area contributed by atoms with Crippen molar-refractivity contribution in [3.8, 4) is 0 Å². The van der Waals surface area contributed by atoms with E-state index >= 15 is 0 Å². The van der Waals surface area contributed by atoms with E-state index in [0.29, 0.717) is 11.7 Å². The topological polar surface area (TPSA) is 26.3 Å². The van der Waals surface area contributed by atoms with Crippen LogP contribution in [0.2, 0.25) is 0 Å². The van der Waals surface area contributed by atoms with Crippen LogP contribution < -0.4 is 0 Å². The van der Waals surface area contributed by atoms with Gasteiger partial charge in [0.05, 0.1) is 0 Å². The zero-order valence-corrected chi connectivity index (χ0v) is 8.01. The van der Waals surface area contributed by atoms with Gasteiger partial charge in [-0.05, 0) is 18.8 Å². The van der Waals surface area contributed by atoms with Gasteiger partial charge in [0.25, 0.3) is 0 Å². The molecule has 0 saturated carbocycles. The third-order valence-electron chi connectivity index (χ3n) is 2.39. The highest BCUT2D eigenvalue weighted by molar-refractivity contribution is 5.80. The van der Waals surface area contributed by atoms with Crippen molar-refractivity contribution < 1.29 is 9.53 Å². The predicted octanol–water partition coefficient (Wildman–Crippen LogP) is 2.03. The molecule has 2 nitrogen and oxygen atoms in total. The normalized spacial score (nSPS) is 24.4. The maximum atomic E-state index is 11.4. The van der Waals surface area contributed by atoms with Crippen molar-refractivity contribution in [2.75, 3.05) is 13.2 Å². The molecule has 1 aliphatic heterocycles. The molecule has 0 radical (unpaired) electrons. The molecule has 1 aliphatic rings. The summed E-state index contributed by atoms with van der Waals surface area (Å²) in [7, 11) is 0. The van der Waals surface area contributed by atoms with Gasteiger partial charge in [0, 0.05) is 25.6 Å². The molecule has 2 heteroatoms. The smallest absolute Gasteiger partial charge is 0.135 e. The molecule has 0 aromatic carbocycles. The molecule has 0 aromatic rings. The lowest BCUT2D eigenvalue weighted by Crippen LogP contribution is -2.22. The molecule has 0 N–H and O–H groups in total. The van der Waals surface area contributed by atoms with Crippen LogP contribution in [-0.4, -0.2) is 19.0 Å². The Morgan fingerprint density at radius 1 is 1.58 bits per heavy atom. The van der Waals surface area contributed by atoms with E-state index < -0.39 is 0 Å². The molecule has 1 rings (SSSR count). The fraction of sp³-hybridized carbons (Fsp3) is 0.900. The lowest BCUT2D eigenvalue weighted by atomic mass is 9.92. The summed E-state index contributed by atoms with van der Waals surface area (Å²) in [6.45, 7) is 5.60. The van der Waals surface area contributed by atoms with Gasteiger partial charge in [-0.25, -0.2) is 0 Å². The van der Waals surface area contributed by atoms with Gasteiger partial charge < -0.3 is 4.74 Å². The fourth-order valence-corrected chi connectivity index (χ4v) is 1.49. The number of hydrogen-bond acceptors (Lipinski definition) is 2. The zero-order chi connectivity index (χ0) is 8.97. The van der Waals surface area contributed by atoms with Crippen LogP contribution in [0, 0.1) is 11.8 Å². The SMILES string of the molecule is CC(C)C(=O)CC1CCCOC1. The molecular weight excluding hydrogens is 152 g/mol. The molecule has 1 saturated heterocycles. The van der Waals surface area contributed by atoms with Crippen LogP contribution in [0.1, 0.15) is 33.1 Å². The van der Waals surface area contributed by atoms with Crippen LogP contribution in [0.25, 0.3) is 0 Å². The van der Waals surface area contributed by atoms with Gasteiger partial charge in [-0.1, -0.05) is 13.8 Å². The van der Waals surface area contributed by atoms with Gasteiger partial charge in [-0.2, -0.15) is 0 Å². The molecule has 12 heavy (non-hydrogen) atoms. The maximum Gasteiger partial charge on any atom is 0.135 e. The largest absolute Gasteiger partial charge is 0.381 e. The first kappa shape index (κ1) is 9.72. The van der Waals surface area contributed by atoms with Gasteiger partial charge >= 0.3 is 0 Å². The van der Waals surface area contributed by atoms with E-state index in [1.807, 2.05) is 13.8 Å². The third kappa shape index (κ3) is 2.94. The highest BCUT2D eigenvalue weighted by atomic mass is 16.5. The monoisotopic (exact) mass is 170 g/mol. The summed E-state index contributed by atoms with van der Waals surface area (Å²) in [5, 5.41) is 0. The average Bonchev–Trinajstić information content (AvgIpc) is 2.06. The number of carbonyl (C=O) groups is 1. The Balaban J connectivity index is 2.24. The number of hydrogen-bond donors (Lipinski definition) is 0. The van der Waals surface area contributed by atoms with Crippen molar-refractivity contribution in [2.24, 2.45) is 11.8 Å². The summed E-state index contributed by atoms with van der Waals surface area (Å²) in [6.07, 6.45) is 3.01. The highest BCUT2D eigenvalue weighted by Crippen LogP contribution is 2.18. The van der Waals surface area contributed by atoms with Crippen molar-refractivity contribution in [1.29, 1.82) is 0 Å². The minimum Gasteiger partial charge on any atom is -0.381 e. The molecule has 1 unspecified atom stereocenters. The van der Waals surface area contributed by atoms with E-state index in [2.05, 4.69) is 0 Å². The Labute approximate surface area is 74.3 Å². The van der Waals surface area contributed by atoms with E-state index in [1.54, 1.807) is 0 Å². The maximum absolute atomic E-state index is 11.4. The van der Waals surface area contributed by atoms with E-state index in [9.17, 15) is 4.79 Å². The first-order chi connectivity index (χ1) is 5.70. The van der Waals surface area contributed by atoms with Crippen molar-refractivity contribution in [3.63, 3.8) is 0 Å². The van der Waals surface area contributed by atoms with Gasteiger partial charge in [-0.3, -0.25) is 4.79 Å². The molecular formula is C10H18O2. The van der Waals surface area contributed by atoms with Crippen molar-refractivity contribution in [2.45, 2.75) is 33.1 Å². The minimum atomic E-state index is 0.187. The standard InChI is InChI=1S/C10H18O2/c1-8(2)10(11)6-9-4-3-5-12-7-9/h8-9H,3-7H2,1-2H3. The molecule has 70 valence electrons. The third-order valence-corrected chi connectivity index (χ3v) is 2.39. The van der Waals surface area contributed by atoms with Crippen LogP contribution in [0.4, 0.5) is 0 Å². The first-order valence-corrected chi connectivity index (χ1v) is 4.80. The number of Topliss-reactive ketones (excluding diaryl/α,β-unsaturated/α-hetero) is 1. The molecule has 1 atom stereocenters. The molecule has 0 aliphatic carbocycles. The Bertz CT molecular complexity index is 146. The molecule has 0 aromatic heterocycles. The van der Waals surface area contributed by atoms with E-state index in [0.717, 1.165) is 26.1 Å². The number of ketones is 1. The van der Waals surface area contributed by atoms with Crippen LogP contribution >= 0.6 is 0 Å². The Kier molecular flexibility index (Phi) is 3.73. The summed E-state index contributed by atoms with van der Waals surface area (Å²) in [5.74, 6) is 1.06. The summed E-state index contributed by atoms with van der Waals surface area (Å²) in [5.41, 5.74) is 0. The molecule has 0 spiro atoms. The summed E-state index contributed by atoms with van der Waals surface area (Å²) >= 11 is 0. The van der Waals surface area contributed by atoms with Gasteiger partial charge in [0.1, 0.15) is 5.78 Å². The van der Waals surface area contributed by atoms with Crippen LogP contribution in [0.3, 0.4) is 0 Å². The summed E-state index contributed by atoms with van der Waals surface area (Å²) < 4.78 is 5.31.